The fourth-order valence-electron chi connectivity index (χ4n) is 2.39. The molecule has 0 aromatic carbocycles. The van der Waals surface area contributed by atoms with Crippen LogP contribution in [0.5, 0.6) is 5.75 Å². The zero-order chi connectivity index (χ0) is 13.4. The van der Waals surface area contributed by atoms with Crippen LogP contribution >= 0.6 is 0 Å². The second-order valence-electron chi connectivity index (χ2n) is 4.77. The summed E-state index contributed by atoms with van der Waals surface area (Å²) in [6, 6.07) is 0.483. The quantitative estimate of drug-likeness (QED) is 0.887. The van der Waals surface area contributed by atoms with Crippen molar-refractivity contribution in [3.8, 4) is 5.75 Å². The van der Waals surface area contributed by atoms with Crippen molar-refractivity contribution in [2.24, 2.45) is 0 Å². The minimum Gasteiger partial charge on any atom is -0.493 e. The monoisotopic (exact) mass is 262 g/mol. The molecule has 3 rings (SSSR count). The largest absolute Gasteiger partial charge is 0.493 e. The molecule has 6 nitrogen and oxygen atoms in total. The van der Waals surface area contributed by atoms with E-state index in [0.717, 1.165) is 18.5 Å². The Hall–Kier alpha value is -1.82. The molecule has 19 heavy (non-hydrogen) atoms. The Balaban J connectivity index is 2.00. The SMILES string of the molecule is CCn1ncc(OC)c1C(O)c1cncn1C1CC1. The van der Waals surface area contributed by atoms with Crippen molar-refractivity contribution in [2.45, 2.75) is 38.5 Å². The van der Waals surface area contributed by atoms with Crippen molar-refractivity contribution in [1.82, 2.24) is 19.3 Å². The molecule has 2 aromatic heterocycles. The molecule has 0 bridgehead atoms. The van der Waals surface area contributed by atoms with Crippen molar-refractivity contribution < 1.29 is 9.84 Å². The molecule has 1 aliphatic carbocycles. The number of rotatable bonds is 5. The topological polar surface area (TPSA) is 65.1 Å². The molecule has 2 aromatic rings. The maximum atomic E-state index is 10.6. The molecule has 2 heterocycles. The van der Waals surface area contributed by atoms with Gasteiger partial charge in [-0.05, 0) is 19.8 Å². The predicted molar refractivity (Wildman–Crippen MR) is 69.0 cm³/mol. The molecule has 1 fully saturated rings. The number of imidazole rings is 1. The predicted octanol–water partition coefficient (Wildman–Crippen LogP) is 1.52. The molecule has 0 saturated heterocycles. The van der Waals surface area contributed by atoms with Gasteiger partial charge in [-0.25, -0.2) is 4.98 Å². The van der Waals surface area contributed by atoms with E-state index in [-0.39, 0.29) is 0 Å². The van der Waals surface area contributed by atoms with Gasteiger partial charge in [-0.2, -0.15) is 5.10 Å². The van der Waals surface area contributed by atoms with Crippen LogP contribution in [0.3, 0.4) is 0 Å². The van der Waals surface area contributed by atoms with Crippen molar-refractivity contribution in [3.05, 3.63) is 30.1 Å². The summed E-state index contributed by atoms with van der Waals surface area (Å²) in [5.74, 6) is 0.609. The van der Waals surface area contributed by atoms with Gasteiger partial charge >= 0.3 is 0 Å². The Bertz CT molecular complexity index is 549. The summed E-state index contributed by atoms with van der Waals surface area (Å²) < 4.78 is 9.10. The fourth-order valence-corrected chi connectivity index (χ4v) is 2.39. The van der Waals surface area contributed by atoms with Gasteiger partial charge in [0.2, 0.25) is 0 Å². The Kier molecular flexibility index (Phi) is 3.02. The Morgan fingerprint density at radius 2 is 2.26 bits per heavy atom. The average molecular weight is 262 g/mol. The summed E-state index contributed by atoms with van der Waals surface area (Å²) in [5, 5.41) is 14.9. The smallest absolute Gasteiger partial charge is 0.163 e. The number of ether oxygens (including phenoxy) is 1. The summed E-state index contributed by atoms with van der Waals surface area (Å²) in [6.45, 7) is 2.67. The summed E-state index contributed by atoms with van der Waals surface area (Å²) >= 11 is 0. The molecular formula is C13H18N4O2. The van der Waals surface area contributed by atoms with Gasteiger partial charge in [0.25, 0.3) is 0 Å². The molecule has 1 saturated carbocycles. The second-order valence-corrected chi connectivity index (χ2v) is 4.77. The van der Waals surface area contributed by atoms with Crippen LogP contribution in [0.4, 0.5) is 0 Å². The number of hydrogen-bond acceptors (Lipinski definition) is 4. The first-order valence-corrected chi connectivity index (χ1v) is 6.55. The number of aromatic nitrogens is 4. The zero-order valence-corrected chi connectivity index (χ0v) is 11.2. The first-order chi connectivity index (χ1) is 9.26. The molecule has 1 unspecified atom stereocenters. The van der Waals surface area contributed by atoms with Gasteiger partial charge in [0.1, 0.15) is 11.8 Å². The molecule has 1 aliphatic rings. The molecule has 0 aliphatic heterocycles. The summed E-state index contributed by atoms with van der Waals surface area (Å²) in [4.78, 5) is 4.16. The Morgan fingerprint density at radius 3 is 2.89 bits per heavy atom. The van der Waals surface area contributed by atoms with E-state index in [9.17, 15) is 5.11 Å². The Labute approximate surface area is 111 Å². The highest BCUT2D eigenvalue weighted by Gasteiger charge is 2.30. The lowest BCUT2D eigenvalue weighted by Gasteiger charge is -2.16. The van der Waals surface area contributed by atoms with Gasteiger partial charge in [-0.15, -0.1) is 0 Å². The van der Waals surface area contributed by atoms with Crippen molar-refractivity contribution in [1.29, 1.82) is 0 Å². The van der Waals surface area contributed by atoms with E-state index in [2.05, 4.69) is 14.6 Å². The van der Waals surface area contributed by atoms with Crippen LogP contribution in [-0.4, -0.2) is 31.5 Å². The van der Waals surface area contributed by atoms with Crippen LogP contribution in [0.15, 0.2) is 18.7 Å². The highest BCUT2D eigenvalue weighted by atomic mass is 16.5. The lowest BCUT2D eigenvalue weighted by Crippen LogP contribution is -2.13. The summed E-state index contributed by atoms with van der Waals surface area (Å²) in [7, 11) is 1.59. The van der Waals surface area contributed by atoms with Crippen molar-refractivity contribution in [2.75, 3.05) is 7.11 Å². The minimum atomic E-state index is -0.763. The number of aliphatic hydroxyl groups is 1. The maximum Gasteiger partial charge on any atom is 0.163 e. The van der Waals surface area contributed by atoms with E-state index in [1.54, 1.807) is 30.5 Å². The van der Waals surface area contributed by atoms with E-state index >= 15 is 0 Å². The van der Waals surface area contributed by atoms with Gasteiger partial charge in [0.15, 0.2) is 5.75 Å². The first-order valence-electron chi connectivity index (χ1n) is 6.55. The third-order valence-electron chi connectivity index (χ3n) is 3.54. The number of hydrogen-bond donors (Lipinski definition) is 1. The molecule has 0 amide bonds. The highest BCUT2D eigenvalue weighted by molar-refractivity contribution is 5.32. The van der Waals surface area contributed by atoms with Crippen molar-refractivity contribution in [3.63, 3.8) is 0 Å². The van der Waals surface area contributed by atoms with Gasteiger partial charge < -0.3 is 14.4 Å². The van der Waals surface area contributed by atoms with E-state index in [4.69, 9.17) is 4.74 Å². The van der Waals surface area contributed by atoms with Crippen LogP contribution in [0, 0.1) is 0 Å². The van der Waals surface area contributed by atoms with Crippen LogP contribution in [0.1, 0.15) is 43.3 Å². The van der Waals surface area contributed by atoms with E-state index in [1.165, 1.54) is 0 Å². The maximum absolute atomic E-state index is 10.6. The van der Waals surface area contributed by atoms with E-state index in [1.807, 2.05) is 6.92 Å². The number of nitrogens with zero attached hydrogens (tertiary/aromatic N) is 4. The molecular weight excluding hydrogens is 244 g/mol. The van der Waals surface area contributed by atoms with Gasteiger partial charge in [0.05, 0.1) is 31.5 Å². The van der Waals surface area contributed by atoms with E-state index < -0.39 is 6.10 Å². The average Bonchev–Trinajstić information content (AvgIpc) is 3.02. The third-order valence-corrected chi connectivity index (χ3v) is 3.54. The lowest BCUT2D eigenvalue weighted by atomic mass is 10.2. The number of methoxy groups -OCH3 is 1. The molecule has 0 spiro atoms. The Morgan fingerprint density at radius 1 is 1.47 bits per heavy atom. The zero-order valence-electron chi connectivity index (χ0n) is 11.2. The van der Waals surface area contributed by atoms with Crippen LogP contribution in [-0.2, 0) is 6.54 Å². The van der Waals surface area contributed by atoms with E-state index in [0.29, 0.717) is 24.0 Å². The third kappa shape index (κ3) is 2.02. The lowest BCUT2D eigenvalue weighted by molar-refractivity contribution is 0.193. The van der Waals surface area contributed by atoms with Gasteiger partial charge in [0, 0.05) is 12.6 Å². The normalized spacial score (nSPS) is 16.6. The number of aryl methyl sites for hydroxylation is 1. The van der Waals surface area contributed by atoms with Crippen molar-refractivity contribution >= 4 is 0 Å². The van der Waals surface area contributed by atoms with Gasteiger partial charge in [-0.3, -0.25) is 4.68 Å². The second kappa shape index (κ2) is 4.70. The summed E-state index contributed by atoms with van der Waals surface area (Å²) in [5.41, 5.74) is 1.49. The van der Waals surface area contributed by atoms with Crippen LogP contribution in [0.2, 0.25) is 0 Å². The molecule has 1 N–H and O–H groups in total. The minimum absolute atomic E-state index is 0.483. The van der Waals surface area contributed by atoms with Gasteiger partial charge in [-0.1, -0.05) is 0 Å². The molecule has 0 radical (unpaired) electrons. The fraction of sp³-hybridized carbons (Fsp3) is 0.538. The molecule has 6 heteroatoms. The highest BCUT2D eigenvalue weighted by Crippen LogP contribution is 2.39. The molecule has 102 valence electrons. The standard InChI is InChI=1S/C13H18N4O2/c1-3-17-12(11(19-2)7-15-17)13(18)10-6-14-8-16(10)9-4-5-9/h6-9,13,18H,3-5H2,1-2H3. The number of aliphatic hydroxyl groups excluding tert-OH is 1. The summed E-state index contributed by atoms with van der Waals surface area (Å²) in [6.07, 6.45) is 6.69. The molecule has 1 atom stereocenters. The van der Waals surface area contributed by atoms with Crippen LogP contribution < -0.4 is 4.74 Å². The first kappa shape index (κ1) is 12.2. The van der Waals surface area contributed by atoms with Crippen LogP contribution in [0.25, 0.3) is 0 Å².